The highest BCUT2D eigenvalue weighted by molar-refractivity contribution is 6.35. The summed E-state index contributed by atoms with van der Waals surface area (Å²) in [6.45, 7) is 4.73. The lowest BCUT2D eigenvalue weighted by molar-refractivity contribution is 0.0188. The van der Waals surface area contributed by atoms with Crippen molar-refractivity contribution in [3.05, 3.63) is 58.1 Å². The van der Waals surface area contributed by atoms with Crippen molar-refractivity contribution < 1.29 is 19.0 Å². The Morgan fingerprint density at radius 2 is 1.72 bits per heavy atom. The molecule has 154 valence electrons. The molecule has 1 atom stereocenters. The van der Waals surface area contributed by atoms with E-state index >= 15 is 0 Å². The van der Waals surface area contributed by atoms with Crippen LogP contribution in [0.5, 0.6) is 5.75 Å². The van der Waals surface area contributed by atoms with Gasteiger partial charge in [-0.05, 0) is 36.4 Å². The van der Waals surface area contributed by atoms with Gasteiger partial charge in [-0.2, -0.15) is 0 Å². The Bertz CT molecular complexity index is 836. The summed E-state index contributed by atoms with van der Waals surface area (Å²) in [4.78, 5) is 16.2. The number of ether oxygens (including phenoxy) is 3. The molecule has 2 aromatic rings. The third-order valence-electron chi connectivity index (χ3n) is 5.03. The van der Waals surface area contributed by atoms with Gasteiger partial charge in [0, 0.05) is 40.9 Å². The first-order valence-electron chi connectivity index (χ1n) is 9.54. The highest BCUT2D eigenvalue weighted by Crippen LogP contribution is 2.28. The second-order valence-electron chi connectivity index (χ2n) is 7.01. The minimum Gasteiger partial charge on any atom is -0.489 e. The molecule has 0 N–H and O–H groups in total. The van der Waals surface area contributed by atoms with E-state index in [1.54, 1.807) is 23.1 Å². The van der Waals surface area contributed by atoms with Gasteiger partial charge in [0.05, 0.1) is 19.8 Å². The maximum absolute atomic E-state index is 12.3. The molecule has 4 rings (SSSR count). The van der Waals surface area contributed by atoms with Crippen LogP contribution >= 0.6 is 23.2 Å². The van der Waals surface area contributed by atoms with E-state index in [0.717, 1.165) is 44.1 Å². The van der Waals surface area contributed by atoms with Crippen LogP contribution in [0.15, 0.2) is 42.5 Å². The molecule has 8 heteroatoms. The Hall–Kier alpha value is -1.99. The molecule has 0 aromatic heterocycles. The minimum atomic E-state index is -0.320. The normalized spacial score (nSPS) is 20.0. The third-order valence-corrected chi connectivity index (χ3v) is 5.74. The number of morpholine rings is 1. The number of hydrogen-bond donors (Lipinski definition) is 0. The first-order chi connectivity index (χ1) is 14.1. The summed E-state index contributed by atoms with van der Waals surface area (Å²) in [5, 5.41) is 1.14. The summed E-state index contributed by atoms with van der Waals surface area (Å²) in [6.07, 6.45) is -0.460. The Morgan fingerprint density at radius 3 is 2.41 bits per heavy atom. The number of carbonyl (C=O) groups excluding carboxylic acids is 1. The first kappa shape index (κ1) is 20.3. The molecule has 2 heterocycles. The molecule has 6 nitrogen and oxygen atoms in total. The quantitative estimate of drug-likeness (QED) is 0.677. The molecular formula is C21H22Cl2N2O4. The standard InChI is InChI=1S/C21H22Cl2N2O4/c22-19-2-1-3-20(23)18(19)14-28-16-6-4-15(5-7-16)25-13-17(29-21(25)26)12-24-8-10-27-11-9-24/h1-7,17H,8-14H2. The number of hydrogen-bond acceptors (Lipinski definition) is 5. The Morgan fingerprint density at radius 1 is 1.03 bits per heavy atom. The molecule has 2 fully saturated rings. The van der Waals surface area contributed by atoms with Gasteiger partial charge in [-0.15, -0.1) is 0 Å². The molecule has 0 saturated carbocycles. The van der Waals surface area contributed by atoms with Gasteiger partial charge in [-0.3, -0.25) is 9.80 Å². The zero-order valence-corrected chi connectivity index (χ0v) is 17.4. The second kappa shape index (κ2) is 9.22. The van der Waals surface area contributed by atoms with Crippen LogP contribution < -0.4 is 9.64 Å². The fourth-order valence-corrected chi connectivity index (χ4v) is 3.95. The zero-order chi connectivity index (χ0) is 20.2. The number of cyclic esters (lactones) is 1. The SMILES string of the molecule is O=C1OC(CN2CCOCC2)CN1c1ccc(OCc2c(Cl)cccc2Cl)cc1. The van der Waals surface area contributed by atoms with E-state index in [4.69, 9.17) is 37.4 Å². The predicted octanol–water partition coefficient (Wildman–Crippen LogP) is 4.23. The van der Waals surface area contributed by atoms with E-state index in [-0.39, 0.29) is 18.8 Å². The number of carbonyl (C=O) groups is 1. The van der Waals surface area contributed by atoms with E-state index in [1.807, 2.05) is 24.3 Å². The van der Waals surface area contributed by atoms with Gasteiger partial charge in [-0.1, -0.05) is 29.3 Å². The highest BCUT2D eigenvalue weighted by atomic mass is 35.5. The summed E-state index contributed by atoms with van der Waals surface area (Å²) in [5.41, 5.74) is 1.52. The van der Waals surface area contributed by atoms with Crippen molar-refractivity contribution in [2.24, 2.45) is 0 Å². The van der Waals surface area contributed by atoms with E-state index in [2.05, 4.69) is 4.90 Å². The molecule has 29 heavy (non-hydrogen) atoms. The van der Waals surface area contributed by atoms with Crippen LogP contribution in [-0.4, -0.2) is 56.5 Å². The monoisotopic (exact) mass is 436 g/mol. The van der Waals surface area contributed by atoms with Crippen molar-refractivity contribution in [1.82, 2.24) is 4.90 Å². The molecular weight excluding hydrogens is 415 g/mol. The van der Waals surface area contributed by atoms with E-state index < -0.39 is 0 Å². The average molecular weight is 437 g/mol. The minimum absolute atomic E-state index is 0.140. The zero-order valence-electron chi connectivity index (χ0n) is 15.9. The van der Waals surface area contributed by atoms with Crippen molar-refractivity contribution in [2.75, 3.05) is 44.3 Å². The van der Waals surface area contributed by atoms with Crippen LogP contribution in [0, 0.1) is 0 Å². The van der Waals surface area contributed by atoms with Crippen LogP contribution in [-0.2, 0) is 16.1 Å². The topological polar surface area (TPSA) is 51.2 Å². The van der Waals surface area contributed by atoms with Gasteiger partial charge in [0.1, 0.15) is 18.5 Å². The lowest BCUT2D eigenvalue weighted by Crippen LogP contribution is -2.42. The van der Waals surface area contributed by atoms with Crippen LogP contribution in [0.2, 0.25) is 10.0 Å². The average Bonchev–Trinajstić information content (AvgIpc) is 3.09. The van der Waals surface area contributed by atoms with E-state index in [1.165, 1.54) is 0 Å². The second-order valence-corrected chi connectivity index (χ2v) is 7.83. The number of benzene rings is 2. The van der Waals surface area contributed by atoms with Gasteiger partial charge in [-0.25, -0.2) is 4.79 Å². The molecule has 2 aliphatic rings. The largest absolute Gasteiger partial charge is 0.489 e. The van der Waals surface area contributed by atoms with E-state index in [0.29, 0.717) is 22.3 Å². The van der Waals surface area contributed by atoms with Crippen LogP contribution in [0.25, 0.3) is 0 Å². The maximum atomic E-state index is 12.3. The van der Waals surface area contributed by atoms with Gasteiger partial charge in [0.25, 0.3) is 0 Å². The van der Waals surface area contributed by atoms with Gasteiger partial charge in [0.15, 0.2) is 0 Å². The van der Waals surface area contributed by atoms with Gasteiger partial charge < -0.3 is 14.2 Å². The molecule has 0 radical (unpaired) electrons. The lowest BCUT2D eigenvalue weighted by Gasteiger charge is -2.28. The fourth-order valence-electron chi connectivity index (χ4n) is 3.45. The van der Waals surface area contributed by atoms with E-state index in [9.17, 15) is 4.79 Å². The van der Waals surface area contributed by atoms with Crippen molar-refractivity contribution in [3.8, 4) is 5.75 Å². The molecule has 0 bridgehead atoms. The molecule has 2 aliphatic heterocycles. The number of anilines is 1. The summed E-state index contributed by atoms with van der Waals surface area (Å²) in [5.74, 6) is 0.669. The van der Waals surface area contributed by atoms with Crippen molar-refractivity contribution >= 4 is 35.0 Å². The van der Waals surface area contributed by atoms with Crippen molar-refractivity contribution in [3.63, 3.8) is 0 Å². The molecule has 1 unspecified atom stereocenters. The molecule has 2 aromatic carbocycles. The Kier molecular flexibility index (Phi) is 6.45. The summed E-state index contributed by atoms with van der Waals surface area (Å²) in [7, 11) is 0. The predicted molar refractivity (Wildman–Crippen MR) is 112 cm³/mol. The summed E-state index contributed by atoms with van der Waals surface area (Å²) in [6, 6.07) is 12.7. The van der Waals surface area contributed by atoms with Crippen LogP contribution in [0.4, 0.5) is 10.5 Å². The number of nitrogens with zero attached hydrogens (tertiary/aromatic N) is 2. The van der Waals surface area contributed by atoms with Crippen molar-refractivity contribution in [1.29, 1.82) is 0 Å². The molecule has 2 saturated heterocycles. The number of amides is 1. The summed E-state index contributed by atoms with van der Waals surface area (Å²) >= 11 is 12.3. The Labute approximate surface area is 179 Å². The summed E-state index contributed by atoms with van der Waals surface area (Å²) < 4.78 is 16.7. The van der Waals surface area contributed by atoms with Gasteiger partial charge in [0.2, 0.25) is 0 Å². The lowest BCUT2D eigenvalue weighted by atomic mass is 10.2. The smallest absolute Gasteiger partial charge is 0.414 e. The van der Waals surface area contributed by atoms with Crippen LogP contribution in [0.1, 0.15) is 5.56 Å². The number of halogens is 2. The third kappa shape index (κ3) is 4.95. The Balaban J connectivity index is 1.34. The maximum Gasteiger partial charge on any atom is 0.414 e. The van der Waals surface area contributed by atoms with Crippen molar-refractivity contribution in [2.45, 2.75) is 12.7 Å². The molecule has 0 spiro atoms. The van der Waals surface area contributed by atoms with Gasteiger partial charge >= 0.3 is 6.09 Å². The molecule has 0 aliphatic carbocycles. The highest BCUT2D eigenvalue weighted by Gasteiger charge is 2.33. The van der Waals surface area contributed by atoms with Crippen LogP contribution in [0.3, 0.4) is 0 Å². The number of rotatable bonds is 6. The first-order valence-corrected chi connectivity index (χ1v) is 10.3. The molecule has 1 amide bonds. The fraction of sp³-hybridized carbons (Fsp3) is 0.381.